The quantitative estimate of drug-likeness (QED) is 0.428. The van der Waals surface area contributed by atoms with Gasteiger partial charge in [-0.05, 0) is 53.6 Å². The first-order valence-electron chi connectivity index (χ1n) is 10.4. The number of fused-ring (bicyclic) bond motifs is 2. The maximum atomic E-state index is 12.7. The van der Waals surface area contributed by atoms with Crippen molar-refractivity contribution in [1.29, 1.82) is 0 Å². The van der Waals surface area contributed by atoms with E-state index in [4.69, 9.17) is 16.3 Å². The van der Waals surface area contributed by atoms with Crippen molar-refractivity contribution in [3.63, 3.8) is 0 Å². The minimum atomic E-state index is -3.50. The van der Waals surface area contributed by atoms with E-state index in [0.717, 1.165) is 5.39 Å². The summed E-state index contributed by atoms with van der Waals surface area (Å²) in [4.78, 5) is 29.9. The van der Waals surface area contributed by atoms with Gasteiger partial charge in [-0.15, -0.1) is 0 Å². The average molecular weight is 496 g/mol. The molecule has 0 fully saturated rings. The predicted molar refractivity (Wildman–Crippen MR) is 125 cm³/mol. The summed E-state index contributed by atoms with van der Waals surface area (Å²) >= 11 is 5.88. The van der Waals surface area contributed by atoms with E-state index in [9.17, 15) is 13.2 Å². The van der Waals surface area contributed by atoms with E-state index in [1.54, 1.807) is 36.7 Å². The van der Waals surface area contributed by atoms with Crippen LogP contribution in [0.25, 0.3) is 22.3 Å². The fourth-order valence-corrected chi connectivity index (χ4v) is 5.15. The molecule has 1 aliphatic heterocycles. The molecule has 3 aromatic heterocycles. The van der Waals surface area contributed by atoms with E-state index in [0.29, 0.717) is 28.2 Å². The SMILES string of the molecule is O=C(NCc1cc2nc(-c3ccnc(Cl)n3)ccc2cn1)c1ccc2c(c1)S(=O)(=O)CCOC2. The number of nitrogens with zero attached hydrogens (tertiary/aromatic N) is 4. The molecule has 4 aromatic rings. The second kappa shape index (κ2) is 9.05. The van der Waals surface area contributed by atoms with Crippen molar-refractivity contribution in [2.75, 3.05) is 12.4 Å². The van der Waals surface area contributed by atoms with Crippen LogP contribution in [0.4, 0.5) is 0 Å². The van der Waals surface area contributed by atoms with Crippen molar-refractivity contribution in [3.8, 4) is 11.4 Å². The number of nitrogens with one attached hydrogen (secondary N) is 1. The summed E-state index contributed by atoms with van der Waals surface area (Å²) < 4.78 is 30.3. The zero-order chi connectivity index (χ0) is 23.7. The van der Waals surface area contributed by atoms with Crippen LogP contribution in [0.15, 0.2) is 59.8 Å². The van der Waals surface area contributed by atoms with Gasteiger partial charge in [0, 0.05) is 23.3 Å². The fourth-order valence-electron chi connectivity index (χ4n) is 3.61. The summed E-state index contributed by atoms with van der Waals surface area (Å²) in [6.45, 7) is 0.479. The van der Waals surface area contributed by atoms with Gasteiger partial charge in [0.25, 0.3) is 5.91 Å². The highest BCUT2D eigenvalue weighted by Crippen LogP contribution is 2.23. The van der Waals surface area contributed by atoms with Gasteiger partial charge in [0.05, 0.1) is 53.0 Å². The van der Waals surface area contributed by atoms with Gasteiger partial charge >= 0.3 is 0 Å². The molecule has 34 heavy (non-hydrogen) atoms. The zero-order valence-electron chi connectivity index (χ0n) is 17.7. The van der Waals surface area contributed by atoms with Crippen LogP contribution < -0.4 is 5.32 Å². The third kappa shape index (κ3) is 4.60. The minimum Gasteiger partial charge on any atom is -0.376 e. The summed E-state index contributed by atoms with van der Waals surface area (Å²) in [7, 11) is -3.50. The molecular formula is C23H18ClN5O4S. The number of benzene rings is 1. The van der Waals surface area contributed by atoms with Crippen LogP contribution in [-0.2, 0) is 27.7 Å². The Balaban J connectivity index is 1.36. The molecule has 0 saturated carbocycles. The van der Waals surface area contributed by atoms with E-state index in [-0.39, 0.29) is 41.3 Å². The van der Waals surface area contributed by atoms with Gasteiger partial charge in [-0.25, -0.2) is 23.4 Å². The molecule has 0 aliphatic carbocycles. The summed E-state index contributed by atoms with van der Waals surface area (Å²) in [6.07, 6.45) is 3.24. The normalized spacial score (nSPS) is 14.9. The molecule has 172 valence electrons. The largest absolute Gasteiger partial charge is 0.376 e. The van der Waals surface area contributed by atoms with Crippen LogP contribution in [0.2, 0.25) is 5.28 Å². The van der Waals surface area contributed by atoms with E-state index in [1.807, 2.05) is 12.1 Å². The number of aromatic nitrogens is 4. The third-order valence-corrected chi connectivity index (χ3v) is 7.30. The molecule has 11 heteroatoms. The lowest BCUT2D eigenvalue weighted by Gasteiger charge is -2.10. The monoisotopic (exact) mass is 495 g/mol. The topological polar surface area (TPSA) is 124 Å². The molecule has 1 N–H and O–H groups in total. The van der Waals surface area contributed by atoms with E-state index in [1.165, 1.54) is 6.07 Å². The maximum Gasteiger partial charge on any atom is 0.251 e. The Labute approximate surface area is 200 Å². The molecule has 0 bridgehead atoms. The fraction of sp³-hybridized carbons (Fsp3) is 0.174. The van der Waals surface area contributed by atoms with Crippen LogP contribution in [0.1, 0.15) is 21.6 Å². The van der Waals surface area contributed by atoms with Crippen molar-refractivity contribution < 1.29 is 17.9 Å². The Morgan fingerprint density at radius 1 is 1.06 bits per heavy atom. The van der Waals surface area contributed by atoms with Crippen LogP contribution in [0, 0.1) is 0 Å². The first kappa shape index (κ1) is 22.3. The van der Waals surface area contributed by atoms with E-state index in [2.05, 4.69) is 25.3 Å². The molecule has 0 spiro atoms. The standard InChI is InChI=1S/C23H18ClN5O4S/c24-23-25-6-5-19(29-23)18-4-3-15-11-26-17(10-20(15)28-18)12-27-22(30)14-1-2-16-13-33-7-8-34(31,32)21(16)9-14/h1-6,9-11H,7-8,12-13H2,(H,27,30). The zero-order valence-corrected chi connectivity index (χ0v) is 19.3. The van der Waals surface area contributed by atoms with Gasteiger partial charge in [0.1, 0.15) is 0 Å². The first-order valence-corrected chi connectivity index (χ1v) is 12.4. The van der Waals surface area contributed by atoms with Gasteiger partial charge in [-0.2, -0.15) is 0 Å². The lowest BCUT2D eigenvalue weighted by Crippen LogP contribution is -2.23. The summed E-state index contributed by atoms with van der Waals surface area (Å²) in [6, 6.07) is 11.8. The number of rotatable bonds is 4. The highest BCUT2D eigenvalue weighted by atomic mass is 35.5. The second-order valence-electron chi connectivity index (χ2n) is 7.65. The van der Waals surface area contributed by atoms with Crippen LogP contribution in [0.3, 0.4) is 0 Å². The molecule has 0 atom stereocenters. The number of halogens is 1. The van der Waals surface area contributed by atoms with Gasteiger partial charge < -0.3 is 10.1 Å². The molecule has 1 amide bonds. The lowest BCUT2D eigenvalue weighted by molar-refractivity contribution is 0.0950. The van der Waals surface area contributed by atoms with Crippen molar-refractivity contribution >= 4 is 38.2 Å². The maximum absolute atomic E-state index is 12.7. The van der Waals surface area contributed by atoms with Crippen molar-refractivity contribution in [1.82, 2.24) is 25.3 Å². The lowest BCUT2D eigenvalue weighted by atomic mass is 10.1. The third-order valence-electron chi connectivity index (χ3n) is 5.37. The molecular weight excluding hydrogens is 478 g/mol. The molecule has 9 nitrogen and oxygen atoms in total. The molecule has 0 radical (unpaired) electrons. The number of pyridine rings is 2. The molecule has 4 heterocycles. The van der Waals surface area contributed by atoms with Gasteiger partial charge in [0.2, 0.25) is 5.28 Å². The number of hydrogen-bond acceptors (Lipinski definition) is 8. The Hall–Kier alpha value is -3.47. The number of carbonyl (C=O) groups excluding carboxylic acids is 1. The van der Waals surface area contributed by atoms with Crippen molar-refractivity contribution in [3.05, 3.63) is 77.0 Å². The summed E-state index contributed by atoms with van der Waals surface area (Å²) in [5, 5.41) is 3.76. The smallest absolute Gasteiger partial charge is 0.251 e. The van der Waals surface area contributed by atoms with Gasteiger partial charge in [-0.1, -0.05) is 6.07 Å². The molecule has 1 aromatic carbocycles. The van der Waals surface area contributed by atoms with Crippen LogP contribution in [0.5, 0.6) is 0 Å². The van der Waals surface area contributed by atoms with Gasteiger partial charge in [0.15, 0.2) is 9.84 Å². The minimum absolute atomic E-state index is 0.109. The Morgan fingerprint density at radius 2 is 1.91 bits per heavy atom. The first-order chi connectivity index (χ1) is 16.4. The number of ether oxygens (including phenoxy) is 1. The number of carbonyl (C=O) groups is 1. The van der Waals surface area contributed by atoms with Crippen molar-refractivity contribution in [2.24, 2.45) is 0 Å². The highest BCUT2D eigenvalue weighted by Gasteiger charge is 2.23. The molecule has 0 saturated heterocycles. The van der Waals surface area contributed by atoms with E-state index >= 15 is 0 Å². The average Bonchev–Trinajstić information content (AvgIpc) is 2.99. The Bertz CT molecular complexity index is 1530. The predicted octanol–water partition coefficient (Wildman–Crippen LogP) is 2.97. The summed E-state index contributed by atoms with van der Waals surface area (Å²) in [5.74, 6) is -0.509. The number of hydrogen-bond donors (Lipinski definition) is 1. The highest BCUT2D eigenvalue weighted by molar-refractivity contribution is 7.91. The Morgan fingerprint density at radius 3 is 2.76 bits per heavy atom. The number of sulfone groups is 1. The van der Waals surface area contributed by atoms with Crippen molar-refractivity contribution in [2.45, 2.75) is 18.0 Å². The summed E-state index contributed by atoms with van der Waals surface area (Å²) in [5.41, 5.74) is 3.32. The number of amides is 1. The molecule has 5 rings (SSSR count). The van der Waals surface area contributed by atoms with E-state index < -0.39 is 15.7 Å². The van der Waals surface area contributed by atoms with Crippen LogP contribution in [-0.4, -0.2) is 46.6 Å². The van der Waals surface area contributed by atoms with Gasteiger partial charge in [-0.3, -0.25) is 9.78 Å². The second-order valence-corrected chi connectivity index (χ2v) is 10.1. The van der Waals surface area contributed by atoms with Crippen LogP contribution >= 0.6 is 11.6 Å². The molecule has 0 unspecified atom stereocenters. The Kier molecular flexibility index (Phi) is 5.94. The molecule has 1 aliphatic rings.